The Labute approximate surface area is 201 Å². The van der Waals surface area contributed by atoms with Crippen LogP contribution >= 0.6 is 23.1 Å². The molecule has 0 radical (unpaired) electrons. The van der Waals surface area contributed by atoms with Crippen molar-refractivity contribution in [3.8, 4) is 10.6 Å². The summed E-state index contributed by atoms with van der Waals surface area (Å²) in [6, 6.07) is 16.9. The van der Waals surface area contributed by atoms with Gasteiger partial charge in [-0.1, -0.05) is 54.2 Å². The number of thioether (sulfide) groups is 1. The van der Waals surface area contributed by atoms with Crippen LogP contribution in [-0.2, 0) is 26.8 Å². The number of carbonyl (C=O) groups excluding carboxylic acids is 1. The zero-order valence-electron chi connectivity index (χ0n) is 17.6. The molecule has 1 aromatic heterocycles. The Morgan fingerprint density at radius 3 is 2.64 bits per heavy atom. The number of benzene rings is 2. The molecule has 172 valence electrons. The van der Waals surface area contributed by atoms with Gasteiger partial charge in [0.1, 0.15) is 10.0 Å². The second-order valence-electron chi connectivity index (χ2n) is 7.07. The molecule has 2 heterocycles. The Morgan fingerprint density at radius 2 is 1.94 bits per heavy atom. The normalized spacial score (nSPS) is 14.1. The molecule has 0 unspecified atom stereocenters. The number of nitrogens with zero attached hydrogens (tertiary/aromatic N) is 1. The number of ether oxygens (including phenoxy) is 1. The Hall–Kier alpha value is -3.02. The number of thiol groups is 1. The third-order valence-corrected chi connectivity index (χ3v) is 7.15. The molecule has 1 aliphatic heterocycles. The van der Waals surface area contributed by atoms with Crippen molar-refractivity contribution in [2.75, 3.05) is 17.7 Å². The van der Waals surface area contributed by atoms with Crippen LogP contribution in [0.4, 0.5) is 5.69 Å². The highest BCUT2D eigenvalue weighted by molar-refractivity contribution is 8.03. The molecule has 0 saturated carbocycles. The second kappa shape index (κ2) is 10.7. The maximum atomic E-state index is 12.1. The van der Waals surface area contributed by atoms with Crippen molar-refractivity contribution in [2.45, 2.75) is 12.5 Å². The fraction of sp³-hybridized carbons (Fsp3) is 0.182. The number of hydrogen-bond acceptors (Lipinski definition) is 9. The van der Waals surface area contributed by atoms with Gasteiger partial charge in [-0.2, -0.15) is 0 Å². The third kappa shape index (κ3) is 5.86. The average Bonchev–Trinajstić information content (AvgIpc) is 3.50. The summed E-state index contributed by atoms with van der Waals surface area (Å²) >= 11 is 3.06. The van der Waals surface area contributed by atoms with E-state index in [9.17, 15) is 13.2 Å². The van der Waals surface area contributed by atoms with Gasteiger partial charge in [-0.15, -0.1) is 11.3 Å². The van der Waals surface area contributed by atoms with Crippen LogP contribution in [0.5, 0.6) is 0 Å². The van der Waals surface area contributed by atoms with Crippen molar-refractivity contribution in [1.82, 2.24) is 15.6 Å². The van der Waals surface area contributed by atoms with E-state index < -0.39 is 16.9 Å². The molecule has 0 amide bonds. The minimum Gasteiger partial charge on any atom is -0.464 e. The Kier molecular flexibility index (Phi) is 7.53. The number of aromatic nitrogens is 1. The molecule has 4 rings (SSSR count). The minimum absolute atomic E-state index is 0.212. The summed E-state index contributed by atoms with van der Waals surface area (Å²) in [6.45, 7) is 0. The van der Waals surface area contributed by atoms with Gasteiger partial charge in [0, 0.05) is 16.6 Å². The molecule has 0 spiro atoms. The third-order valence-electron chi connectivity index (χ3n) is 4.90. The van der Waals surface area contributed by atoms with E-state index in [-0.39, 0.29) is 6.04 Å². The van der Waals surface area contributed by atoms with Crippen LogP contribution in [0.25, 0.3) is 10.6 Å². The predicted octanol–water partition coefficient (Wildman–Crippen LogP) is 3.26. The zero-order valence-corrected chi connectivity index (χ0v) is 20.1. The van der Waals surface area contributed by atoms with Crippen LogP contribution in [0.2, 0.25) is 0 Å². The standard InChI is InChI=1S/C22H22N4O4S3/c1-30-22(27)19-21(32-13-23-19)24-17(11-14-7-9-16(10-8-14)26-33(28)29)18-12-31-20(25-18)15-5-3-2-4-6-15/h2-10,12,17,23-24,33H,11,13H2,1H3,(H,26,28,29)/t17-/m0/s1. The van der Waals surface area contributed by atoms with Crippen LogP contribution in [-0.4, -0.2) is 32.4 Å². The number of anilines is 1. The molecular formula is C22H22N4O4S3. The lowest BCUT2D eigenvalue weighted by Crippen LogP contribution is -2.25. The van der Waals surface area contributed by atoms with E-state index in [4.69, 9.17) is 9.72 Å². The van der Waals surface area contributed by atoms with Crippen LogP contribution in [0.3, 0.4) is 0 Å². The minimum atomic E-state index is -2.71. The van der Waals surface area contributed by atoms with E-state index in [0.717, 1.165) is 21.8 Å². The molecule has 0 aliphatic carbocycles. The van der Waals surface area contributed by atoms with Crippen molar-refractivity contribution >= 4 is 45.6 Å². The predicted molar refractivity (Wildman–Crippen MR) is 132 cm³/mol. The van der Waals surface area contributed by atoms with Gasteiger partial charge in [0.05, 0.1) is 24.7 Å². The first-order chi connectivity index (χ1) is 16.0. The van der Waals surface area contributed by atoms with Crippen LogP contribution in [0.1, 0.15) is 17.3 Å². The highest BCUT2D eigenvalue weighted by Gasteiger charge is 2.26. The van der Waals surface area contributed by atoms with Crippen molar-refractivity contribution in [3.63, 3.8) is 0 Å². The first-order valence-corrected chi connectivity index (χ1v) is 13.0. The maximum absolute atomic E-state index is 12.1. The lowest BCUT2D eigenvalue weighted by Gasteiger charge is -2.19. The van der Waals surface area contributed by atoms with Gasteiger partial charge in [0.25, 0.3) is 0 Å². The van der Waals surface area contributed by atoms with Crippen molar-refractivity contribution in [1.29, 1.82) is 0 Å². The van der Waals surface area contributed by atoms with Crippen molar-refractivity contribution in [2.24, 2.45) is 0 Å². The van der Waals surface area contributed by atoms with Crippen molar-refractivity contribution < 1.29 is 17.9 Å². The topological polar surface area (TPSA) is 109 Å². The van der Waals surface area contributed by atoms with Crippen molar-refractivity contribution in [3.05, 3.63) is 82.0 Å². The molecule has 3 aromatic rings. The van der Waals surface area contributed by atoms with Crippen LogP contribution in [0.15, 0.2) is 70.7 Å². The molecular weight excluding hydrogens is 480 g/mol. The highest BCUT2D eigenvalue weighted by atomic mass is 32.2. The number of methoxy groups -OCH3 is 1. The Morgan fingerprint density at radius 1 is 1.18 bits per heavy atom. The zero-order chi connectivity index (χ0) is 23.2. The number of nitrogens with one attached hydrogen (secondary N) is 3. The van der Waals surface area contributed by atoms with Crippen LogP contribution < -0.4 is 15.4 Å². The van der Waals surface area contributed by atoms with Gasteiger partial charge < -0.3 is 15.4 Å². The number of esters is 1. The lowest BCUT2D eigenvalue weighted by molar-refractivity contribution is -0.136. The van der Waals surface area contributed by atoms with E-state index in [1.807, 2.05) is 47.8 Å². The molecule has 0 saturated heterocycles. The summed E-state index contributed by atoms with van der Waals surface area (Å²) in [7, 11) is -1.36. The number of carbonyl (C=O) groups is 1. The van der Waals surface area contributed by atoms with E-state index in [1.54, 1.807) is 23.5 Å². The fourth-order valence-electron chi connectivity index (χ4n) is 3.32. The second-order valence-corrected chi connectivity index (χ2v) is 9.65. The summed E-state index contributed by atoms with van der Waals surface area (Å²) in [5, 5.41) is 10.2. The van der Waals surface area contributed by atoms with Gasteiger partial charge in [-0.05, 0) is 24.1 Å². The summed E-state index contributed by atoms with van der Waals surface area (Å²) in [6.07, 6.45) is 0.584. The lowest BCUT2D eigenvalue weighted by atomic mass is 10.0. The first kappa shape index (κ1) is 23.1. The molecule has 2 aromatic carbocycles. The van der Waals surface area contributed by atoms with Gasteiger partial charge in [0.15, 0.2) is 5.70 Å². The van der Waals surface area contributed by atoms with Gasteiger partial charge in [0.2, 0.25) is 10.9 Å². The summed E-state index contributed by atoms with van der Waals surface area (Å²) < 4.78 is 29.1. The van der Waals surface area contributed by atoms with E-state index >= 15 is 0 Å². The monoisotopic (exact) mass is 502 g/mol. The number of hydrogen-bond donors (Lipinski definition) is 4. The van der Waals surface area contributed by atoms with E-state index in [2.05, 4.69) is 15.4 Å². The largest absolute Gasteiger partial charge is 0.464 e. The van der Waals surface area contributed by atoms with Gasteiger partial charge in [-0.25, -0.2) is 18.2 Å². The van der Waals surface area contributed by atoms with E-state index in [1.165, 1.54) is 18.9 Å². The summed E-state index contributed by atoms with van der Waals surface area (Å²) in [5.41, 5.74) is 3.80. The summed E-state index contributed by atoms with van der Waals surface area (Å²) in [4.78, 5) is 17.0. The molecule has 11 heteroatoms. The quantitative estimate of drug-likeness (QED) is 0.261. The van der Waals surface area contributed by atoms with Crippen LogP contribution in [0, 0.1) is 0 Å². The molecule has 33 heavy (non-hydrogen) atoms. The summed E-state index contributed by atoms with van der Waals surface area (Å²) in [5.74, 6) is 0.145. The molecule has 0 fully saturated rings. The highest BCUT2D eigenvalue weighted by Crippen LogP contribution is 2.31. The SMILES string of the molecule is COC(=O)C1=C(N[C@@H](Cc2ccc(N[SH](=O)=O)cc2)c2csc(-c3ccccc3)n2)SCN1. The smallest absolute Gasteiger partial charge is 0.356 e. The van der Waals surface area contributed by atoms with Gasteiger partial charge in [-0.3, -0.25) is 4.72 Å². The van der Waals surface area contributed by atoms with E-state index in [0.29, 0.717) is 28.7 Å². The molecule has 0 bridgehead atoms. The number of thiazole rings is 1. The molecule has 8 nitrogen and oxygen atoms in total. The van der Waals surface area contributed by atoms with Gasteiger partial charge >= 0.3 is 5.97 Å². The molecule has 1 atom stereocenters. The Balaban J connectivity index is 1.62. The molecule has 3 N–H and O–H groups in total. The first-order valence-electron chi connectivity index (χ1n) is 10.00. The molecule has 1 aliphatic rings. The maximum Gasteiger partial charge on any atom is 0.356 e. The Bertz CT molecular complexity index is 1220. The average molecular weight is 503 g/mol. The number of rotatable bonds is 9. The fourth-order valence-corrected chi connectivity index (χ4v) is 5.44.